The average molecular weight is 361 g/mol. The van der Waals surface area contributed by atoms with Gasteiger partial charge in [0.2, 0.25) is 0 Å². The smallest absolute Gasteiger partial charge is 0.265 e. The molecule has 0 unspecified atom stereocenters. The van der Waals surface area contributed by atoms with Crippen molar-refractivity contribution >= 4 is 16.9 Å². The summed E-state index contributed by atoms with van der Waals surface area (Å²) in [7, 11) is 0. The summed E-state index contributed by atoms with van der Waals surface area (Å²) in [5.74, 6) is -0.167. The van der Waals surface area contributed by atoms with Gasteiger partial charge in [-0.1, -0.05) is 30.3 Å². The second-order valence-electron chi connectivity index (χ2n) is 7.19. The normalized spacial score (nSPS) is 17.2. The number of fused-ring (bicyclic) bond motifs is 1. The van der Waals surface area contributed by atoms with E-state index in [0.717, 1.165) is 30.2 Å². The molecule has 1 atom stereocenters. The summed E-state index contributed by atoms with van der Waals surface area (Å²) in [6.45, 7) is 3.16. The van der Waals surface area contributed by atoms with Crippen LogP contribution in [-0.4, -0.2) is 32.9 Å². The SMILES string of the molecule is C[C@@H]1CCCCN1C(=O)c1cc2cccnc2n(Cc2ccccc2)c1=O. The van der Waals surface area contributed by atoms with Crippen molar-refractivity contribution in [1.82, 2.24) is 14.5 Å². The van der Waals surface area contributed by atoms with Gasteiger partial charge in [0.15, 0.2) is 0 Å². The molecule has 0 aliphatic carbocycles. The van der Waals surface area contributed by atoms with Crippen LogP contribution >= 0.6 is 0 Å². The Morgan fingerprint density at radius 2 is 1.96 bits per heavy atom. The molecule has 1 amide bonds. The van der Waals surface area contributed by atoms with Gasteiger partial charge in [0, 0.05) is 24.2 Å². The maximum Gasteiger partial charge on any atom is 0.265 e. The maximum absolute atomic E-state index is 13.3. The first-order valence-corrected chi connectivity index (χ1v) is 9.48. The Labute approximate surface area is 158 Å². The predicted molar refractivity (Wildman–Crippen MR) is 106 cm³/mol. The molecule has 2 aromatic heterocycles. The number of nitrogens with zero attached hydrogens (tertiary/aromatic N) is 3. The molecule has 1 aromatic carbocycles. The van der Waals surface area contributed by atoms with Crippen LogP contribution in [-0.2, 0) is 6.54 Å². The highest BCUT2D eigenvalue weighted by Crippen LogP contribution is 2.20. The lowest BCUT2D eigenvalue weighted by Gasteiger charge is -2.33. The number of benzene rings is 1. The van der Waals surface area contributed by atoms with E-state index in [1.165, 1.54) is 0 Å². The van der Waals surface area contributed by atoms with Crippen LogP contribution in [0, 0.1) is 0 Å². The molecule has 1 fully saturated rings. The number of rotatable bonds is 3. The molecule has 0 bridgehead atoms. The molecule has 5 nitrogen and oxygen atoms in total. The molecule has 0 N–H and O–H groups in total. The second kappa shape index (κ2) is 7.35. The van der Waals surface area contributed by atoms with Crippen molar-refractivity contribution < 1.29 is 4.79 Å². The van der Waals surface area contributed by atoms with Gasteiger partial charge in [0.05, 0.1) is 6.54 Å². The van der Waals surface area contributed by atoms with Gasteiger partial charge < -0.3 is 4.90 Å². The zero-order valence-electron chi connectivity index (χ0n) is 15.5. The van der Waals surface area contributed by atoms with Gasteiger partial charge >= 0.3 is 0 Å². The van der Waals surface area contributed by atoms with Crippen molar-refractivity contribution in [2.45, 2.75) is 38.8 Å². The van der Waals surface area contributed by atoms with Crippen LogP contribution < -0.4 is 5.56 Å². The molecular weight excluding hydrogens is 338 g/mol. The number of pyridine rings is 2. The number of piperidine rings is 1. The van der Waals surface area contributed by atoms with Crippen molar-refractivity contribution in [3.63, 3.8) is 0 Å². The zero-order chi connectivity index (χ0) is 18.8. The fraction of sp³-hybridized carbons (Fsp3) is 0.318. The highest BCUT2D eigenvalue weighted by atomic mass is 16.2. The van der Waals surface area contributed by atoms with Crippen LogP contribution in [0.15, 0.2) is 59.5 Å². The molecule has 0 radical (unpaired) electrons. The van der Waals surface area contributed by atoms with E-state index >= 15 is 0 Å². The fourth-order valence-corrected chi connectivity index (χ4v) is 3.83. The van der Waals surface area contributed by atoms with E-state index in [9.17, 15) is 9.59 Å². The van der Waals surface area contributed by atoms with Gasteiger partial charge in [-0.05, 0) is 49.9 Å². The lowest BCUT2D eigenvalue weighted by atomic mass is 10.0. The van der Waals surface area contributed by atoms with Gasteiger partial charge in [-0.3, -0.25) is 14.2 Å². The molecule has 27 heavy (non-hydrogen) atoms. The lowest BCUT2D eigenvalue weighted by molar-refractivity contribution is 0.0633. The van der Waals surface area contributed by atoms with E-state index < -0.39 is 0 Å². The minimum Gasteiger partial charge on any atom is -0.336 e. The number of carbonyl (C=O) groups excluding carboxylic acids is 1. The van der Waals surface area contributed by atoms with Crippen molar-refractivity contribution in [1.29, 1.82) is 0 Å². The molecule has 1 aliphatic rings. The molecule has 1 saturated heterocycles. The van der Waals surface area contributed by atoms with Gasteiger partial charge in [0.25, 0.3) is 11.5 Å². The fourth-order valence-electron chi connectivity index (χ4n) is 3.83. The van der Waals surface area contributed by atoms with Gasteiger partial charge in [-0.25, -0.2) is 4.98 Å². The molecule has 1 aliphatic heterocycles. The number of aromatic nitrogens is 2. The molecule has 0 saturated carbocycles. The van der Waals surface area contributed by atoms with Gasteiger partial charge in [-0.2, -0.15) is 0 Å². The number of carbonyl (C=O) groups is 1. The number of likely N-dealkylation sites (tertiary alicyclic amines) is 1. The first kappa shape index (κ1) is 17.5. The van der Waals surface area contributed by atoms with E-state index in [-0.39, 0.29) is 23.1 Å². The monoisotopic (exact) mass is 361 g/mol. The number of hydrogen-bond donors (Lipinski definition) is 0. The molecule has 3 aromatic rings. The van der Waals surface area contributed by atoms with Crippen molar-refractivity contribution in [2.24, 2.45) is 0 Å². The molecule has 138 valence electrons. The van der Waals surface area contributed by atoms with E-state index in [2.05, 4.69) is 11.9 Å². The van der Waals surface area contributed by atoms with Crippen LogP contribution in [0.5, 0.6) is 0 Å². The van der Waals surface area contributed by atoms with Gasteiger partial charge in [0.1, 0.15) is 11.2 Å². The Balaban J connectivity index is 1.83. The van der Waals surface area contributed by atoms with Crippen molar-refractivity contribution in [2.75, 3.05) is 6.54 Å². The van der Waals surface area contributed by atoms with Crippen LogP contribution in [0.1, 0.15) is 42.1 Å². The Morgan fingerprint density at radius 1 is 1.15 bits per heavy atom. The Bertz CT molecular complexity index is 1030. The molecule has 4 rings (SSSR count). The zero-order valence-corrected chi connectivity index (χ0v) is 15.5. The minimum absolute atomic E-state index is 0.165. The van der Waals surface area contributed by atoms with Gasteiger partial charge in [-0.15, -0.1) is 0 Å². The van der Waals surface area contributed by atoms with Crippen molar-refractivity contribution in [3.8, 4) is 0 Å². The summed E-state index contributed by atoms with van der Waals surface area (Å²) in [6, 6.07) is 15.4. The third kappa shape index (κ3) is 3.37. The highest BCUT2D eigenvalue weighted by Gasteiger charge is 2.27. The highest BCUT2D eigenvalue weighted by molar-refractivity contribution is 5.97. The molecule has 5 heteroatoms. The third-order valence-corrected chi connectivity index (χ3v) is 5.33. The standard InChI is InChI=1S/C22H23N3O2/c1-16-8-5-6-13-24(16)21(26)19-14-18-11-7-12-23-20(18)25(22(19)27)15-17-9-3-2-4-10-17/h2-4,7,9-12,14,16H,5-6,8,13,15H2,1H3/t16-/m1/s1. The number of hydrogen-bond acceptors (Lipinski definition) is 3. The van der Waals surface area contributed by atoms with Crippen LogP contribution in [0.4, 0.5) is 0 Å². The quantitative estimate of drug-likeness (QED) is 0.718. The molecule has 3 heterocycles. The Kier molecular flexibility index (Phi) is 4.75. The van der Waals surface area contributed by atoms with E-state index in [4.69, 9.17) is 0 Å². The van der Waals surface area contributed by atoms with Crippen LogP contribution in [0.3, 0.4) is 0 Å². The largest absolute Gasteiger partial charge is 0.336 e. The van der Waals surface area contributed by atoms with E-state index in [1.54, 1.807) is 16.8 Å². The number of amides is 1. The predicted octanol–water partition coefficient (Wildman–Crippen LogP) is 3.46. The summed E-state index contributed by atoms with van der Waals surface area (Å²) in [5, 5.41) is 0.807. The van der Waals surface area contributed by atoms with E-state index in [0.29, 0.717) is 18.7 Å². The molecule has 0 spiro atoms. The minimum atomic E-state index is -0.271. The topological polar surface area (TPSA) is 55.2 Å². The average Bonchev–Trinajstić information content (AvgIpc) is 2.70. The summed E-state index contributed by atoms with van der Waals surface area (Å²) in [6.07, 6.45) is 4.78. The lowest BCUT2D eigenvalue weighted by Crippen LogP contribution is -2.44. The summed E-state index contributed by atoms with van der Waals surface area (Å²) in [5.41, 5.74) is 1.57. The van der Waals surface area contributed by atoms with Crippen molar-refractivity contribution in [3.05, 3.63) is 76.2 Å². The third-order valence-electron chi connectivity index (χ3n) is 5.33. The Hall–Kier alpha value is -2.95. The first-order valence-electron chi connectivity index (χ1n) is 9.48. The summed E-state index contributed by atoms with van der Waals surface area (Å²) in [4.78, 5) is 32.7. The molecular formula is C22H23N3O2. The first-order chi connectivity index (χ1) is 13.1. The van der Waals surface area contributed by atoms with Crippen LogP contribution in [0.25, 0.3) is 11.0 Å². The maximum atomic E-state index is 13.3. The van der Waals surface area contributed by atoms with Crippen LogP contribution in [0.2, 0.25) is 0 Å². The Morgan fingerprint density at radius 3 is 2.74 bits per heavy atom. The summed E-state index contributed by atoms with van der Waals surface area (Å²) >= 11 is 0. The van der Waals surface area contributed by atoms with E-state index in [1.807, 2.05) is 47.4 Å². The second-order valence-corrected chi connectivity index (χ2v) is 7.19. The summed E-state index contributed by atoms with van der Waals surface area (Å²) < 4.78 is 1.62.